The second-order valence-corrected chi connectivity index (χ2v) is 4.23. The molecule has 1 rings (SSSR count). The molecule has 0 fully saturated rings. The number of carboxylic acid groups (broad SMARTS) is 2. The Labute approximate surface area is 110 Å². The lowest BCUT2D eigenvalue weighted by Gasteiger charge is -2.15. The van der Waals surface area contributed by atoms with Crippen LogP contribution in [0.5, 0.6) is 0 Å². The topological polar surface area (TPSA) is 104 Å². The summed E-state index contributed by atoms with van der Waals surface area (Å²) in [4.78, 5) is 33.5. The molecule has 0 radical (unpaired) electrons. The highest BCUT2D eigenvalue weighted by Crippen LogP contribution is 2.13. The fourth-order valence-corrected chi connectivity index (χ4v) is 1.78. The van der Waals surface area contributed by atoms with E-state index in [1.165, 1.54) is 0 Å². The van der Waals surface area contributed by atoms with Gasteiger partial charge in [-0.05, 0) is 25.0 Å². The van der Waals surface area contributed by atoms with E-state index in [1.54, 1.807) is 32.0 Å². The highest BCUT2D eigenvalue weighted by molar-refractivity contribution is 5.99. The summed E-state index contributed by atoms with van der Waals surface area (Å²) in [5.74, 6) is -3.24. The van der Waals surface area contributed by atoms with Crippen molar-refractivity contribution in [3.8, 4) is 0 Å². The standard InChI is InChI=1S/C13H15NO5/c1-7-4-3-5-8(2)11(7)12(17)14-9(13(18)19)6-10(15)16/h3-5,9H,6H2,1-2H3,(H,14,17)(H,15,16)(H,18,19)/t9-/m1/s1. The van der Waals surface area contributed by atoms with Gasteiger partial charge in [-0.1, -0.05) is 18.2 Å². The second-order valence-electron chi connectivity index (χ2n) is 4.23. The first-order valence-corrected chi connectivity index (χ1v) is 5.64. The van der Waals surface area contributed by atoms with Crippen LogP contribution in [-0.4, -0.2) is 34.1 Å². The van der Waals surface area contributed by atoms with E-state index >= 15 is 0 Å². The Kier molecular flexibility index (Phi) is 4.63. The SMILES string of the molecule is Cc1cccc(C)c1C(=O)N[C@H](CC(=O)O)C(=O)O. The minimum atomic E-state index is -1.44. The van der Waals surface area contributed by atoms with Crippen LogP contribution in [0, 0.1) is 13.8 Å². The number of carboxylic acids is 2. The van der Waals surface area contributed by atoms with E-state index in [0.717, 1.165) is 0 Å². The van der Waals surface area contributed by atoms with Gasteiger partial charge in [0, 0.05) is 5.56 Å². The maximum Gasteiger partial charge on any atom is 0.326 e. The molecule has 0 aliphatic carbocycles. The minimum Gasteiger partial charge on any atom is -0.481 e. The average Bonchev–Trinajstić information content (AvgIpc) is 2.27. The predicted octanol–water partition coefficient (Wildman–Crippen LogP) is 0.961. The molecule has 0 bridgehead atoms. The molecule has 0 saturated carbocycles. The maximum atomic E-state index is 12.0. The summed E-state index contributed by atoms with van der Waals surface area (Å²) in [6.07, 6.45) is -0.661. The van der Waals surface area contributed by atoms with Gasteiger partial charge in [-0.2, -0.15) is 0 Å². The number of carbonyl (C=O) groups excluding carboxylic acids is 1. The van der Waals surface area contributed by atoms with Crippen molar-refractivity contribution in [1.29, 1.82) is 0 Å². The van der Waals surface area contributed by atoms with Crippen molar-refractivity contribution in [1.82, 2.24) is 5.32 Å². The number of benzene rings is 1. The molecule has 0 heterocycles. The lowest BCUT2D eigenvalue weighted by atomic mass is 10.0. The van der Waals surface area contributed by atoms with Gasteiger partial charge in [-0.25, -0.2) is 4.79 Å². The summed E-state index contributed by atoms with van der Waals surface area (Å²) in [6.45, 7) is 3.46. The Morgan fingerprint density at radius 2 is 1.68 bits per heavy atom. The fourth-order valence-electron chi connectivity index (χ4n) is 1.78. The van der Waals surface area contributed by atoms with Crippen LogP contribution in [0.4, 0.5) is 0 Å². The van der Waals surface area contributed by atoms with E-state index in [4.69, 9.17) is 10.2 Å². The summed E-state index contributed by atoms with van der Waals surface area (Å²) in [5, 5.41) is 19.7. The highest BCUT2D eigenvalue weighted by atomic mass is 16.4. The van der Waals surface area contributed by atoms with Crippen molar-refractivity contribution in [3.05, 3.63) is 34.9 Å². The van der Waals surface area contributed by atoms with Gasteiger partial charge in [0.25, 0.3) is 5.91 Å². The first kappa shape index (κ1) is 14.7. The van der Waals surface area contributed by atoms with Crippen LogP contribution >= 0.6 is 0 Å². The van der Waals surface area contributed by atoms with E-state index in [9.17, 15) is 14.4 Å². The third-order valence-corrected chi connectivity index (χ3v) is 2.69. The van der Waals surface area contributed by atoms with Crippen molar-refractivity contribution in [2.75, 3.05) is 0 Å². The first-order chi connectivity index (χ1) is 8.82. The van der Waals surface area contributed by atoms with E-state index < -0.39 is 30.3 Å². The first-order valence-electron chi connectivity index (χ1n) is 5.64. The van der Waals surface area contributed by atoms with Gasteiger partial charge in [0.15, 0.2) is 0 Å². The Morgan fingerprint density at radius 1 is 1.16 bits per heavy atom. The molecule has 1 aromatic rings. The molecule has 6 heteroatoms. The molecule has 0 aliphatic rings. The van der Waals surface area contributed by atoms with Crippen molar-refractivity contribution in [2.24, 2.45) is 0 Å². The van der Waals surface area contributed by atoms with E-state index in [-0.39, 0.29) is 0 Å². The third-order valence-electron chi connectivity index (χ3n) is 2.69. The number of aliphatic carboxylic acids is 2. The molecular weight excluding hydrogens is 250 g/mol. The van der Waals surface area contributed by atoms with Crippen LogP contribution < -0.4 is 5.32 Å². The van der Waals surface area contributed by atoms with Gasteiger partial charge in [0.2, 0.25) is 0 Å². The summed E-state index contributed by atoms with van der Waals surface area (Å²) >= 11 is 0. The number of carbonyl (C=O) groups is 3. The molecule has 19 heavy (non-hydrogen) atoms. The van der Waals surface area contributed by atoms with Gasteiger partial charge in [-0.15, -0.1) is 0 Å². The minimum absolute atomic E-state index is 0.374. The van der Waals surface area contributed by atoms with Gasteiger partial charge in [-0.3, -0.25) is 9.59 Å². The number of amides is 1. The number of nitrogens with one attached hydrogen (secondary N) is 1. The fraction of sp³-hybridized carbons (Fsp3) is 0.308. The second kappa shape index (κ2) is 5.99. The number of hydrogen-bond donors (Lipinski definition) is 3. The number of rotatable bonds is 5. The summed E-state index contributed by atoms with van der Waals surface area (Å²) < 4.78 is 0. The Bertz CT molecular complexity index is 504. The molecule has 1 atom stereocenters. The molecule has 102 valence electrons. The van der Waals surface area contributed by atoms with Crippen LogP contribution in [0.1, 0.15) is 27.9 Å². The average molecular weight is 265 g/mol. The van der Waals surface area contributed by atoms with Gasteiger partial charge in [0.05, 0.1) is 6.42 Å². The largest absolute Gasteiger partial charge is 0.481 e. The number of aryl methyl sites for hydroxylation is 2. The molecule has 6 nitrogen and oxygen atoms in total. The number of hydrogen-bond acceptors (Lipinski definition) is 3. The molecule has 0 aromatic heterocycles. The highest BCUT2D eigenvalue weighted by Gasteiger charge is 2.24. The van der Waals surface area contributed by atoms with Gasteiger partial charge < -0.3 is 15.5 Å². The quantitative estimate of drug-likeness (QED) is 0.735. The molecule has 0 aliphatic heterocycles. The van der Waals surface area contributed by atoms with Gasteiger partial charge >= 0.3 is 11.9 Å². The molecular formula is C13H15NO5. The monoisotopic (exact) mass is 265 g/mol. The van der Waals surface area contributed by atoms with Crippen LogP contribution in [0.3, 0.4) is 0 Å². The lowest BCUT2D eigenvalue weighted by Crippen LogP contribution is -2.42. The summed E-state index contributed by atoms with van der Waals surface area (Å²) in [5.41, 5.74) is 1.79. The van der Waals surface area contributed by atoms with Crippen LogP contribution in [0.15, 0.2) is 18.2 Å². The van der Waals surface area contributed by atoms with E-state index in [1.807, 2.05) is 0 Å². The third kappa shape index (κ3) is 3.80. The summed E-state index contributed by atoms with van der Waals surface area (Å²) in [6, 6.07) is 3.81. The Balaban J connectivity index is 2.94. The lowest BCUT2D eigenvalue weighted by molar-refractivity contribution is -0.145. The molecule has 3 N–H and O–H groups in total. The van der Waals surface area contributed by atoms with Crippen molar-refractivity contribution in [2.45, 2.75) is 26.3 Å². The van der Waals surface area contributed by atoms with Crippen molar-refractivity contribution >= 4 is 17.8 Å². The van der Waals surface area contributed by atoms with Gasteiger partial charge in [0.1, 0.15) is 6.04 Å². The van der Waals surface area contributed by atoms with Crippen molar-refractivity contribution in [3.63, 3.8) is 0 Å². The molecule has 1 aromatic carbocycles. The zero-order valence-corrected chi connectivity index (χ0v) is 10.6. The summed E-state index contributed by atoms with van der Waals surface area (Å²) in [7, 11) is 0. The Hall–Kier alpha value is -2.37. The zero-order chi connectivity index (χ0) is 14.6. The van der Waals surface area contributed by atoms with Crippen LogP contribution in [0.2, 0.25) is 0 Å². The molecule has 1 amide bonds. The zero-order valence-electron chi connectivity index (χ0n) is 10.6. The van der Waals surface area contributed by atoms with Crippen molar-refractivity contribution < 1.29 is 24.6 Å². The maximum absolute atomic E-state index is 12.0. The predicted molar refractivity (Wildman–Crippen MR) is 67.1 cm³/mol. The molecule has 0 unspecified atom stereocenters. The molecule has 0 spiro atoms. The van der Waals surface area contributed by atoms with Crippen LogP contribution in [-0.2, 0) is 9.59 Å². The smallest absolute Gasteiger partial charge is 0.326 e. The normalized spacial score (nSPS) is 11.7. The van der Waals surface area contributed by atoms with Crippen LogP contribution in [0.25, 0.3) is 0 Å². The van der Waals surface area contributed by atoms with E-state index in [2.05, 4.69) is 5.32 Å². The Morgan fingerprint density at radius 3 is 2.11 bits per heavy atom. The van der Waals surface area contributed by atoms with E-state index in [0.29, 0.717) is 16.7 Å². The molecule has 0 saturated heterocycles.